The monoisotopic (exact) mass is 334 g/mol. The van der Waals surface area contributed by atoms with Crippen molar-refractivity contribution in [1.29, 1.82) is 0 Å². The normalized spacial score (nSPS) is 12.5. The van der Waals surface area contributed by atoms with Gasteiger partial charge in [-0.3, -0.25) is 14.3 Å². The van der Waals surface area contributed by atoms with Gasteiger partial charge < -0.3 is 10.4 Å². The van der Waals surface area contributed by atoms with Crippen molar-refractivity contribution >= 4 is 33.2 Å². The SMILES string of the molecule is CCn1c(Nc2ccncc2F)nc2c(C(C)O)csc2c1=O. The zero-order valence-electron chi connectivity index (χ0n) is 12.6. The second kappa shape index (κ2) is 6.05. The number of hydrogen-bond acceptors (Lipinski definition) is 6. The molecule has 0 aliphatic rings. The maximum atomic E-state index is 13.8. The van der Waals surface area contributed by atoms with E-state index in [-0.39, 0.29) is 17.2 Å². The molecular formula is C15H15FN4O2S. The van der Waals surface area contributed by atoms with Crippen LogP contribution in [0.5, 0.6) is 0 Å². The summed E-state index contributed by atoms with van der Waals surface area (Å²) in [6.45, 7) is 3.81. The first-order valence-corrected chi connectivity index (χ1v) is 7.97. The first-order chi connectivity index (χ1) is 11.0. The van der Waals surface area contributed by atoms with Crippen molar-refractivity contribution in [3.8, 4) is 0 Å². The van der Waals surface area contributed by atoms with Crippen molar-refractivity contribution in [3.05, 3.63) is 45.6 Å². The number of nitrogens with one attached hydrogen (secondary N) is 1. The summed E-state index contributed by atoms with van der Waals surface area (Å²) in [4.78, 5) is 20.7. The average Bonchev–Trinajstić information content (AvgIpc) is 2.94. The zero-order valence-corrected chi connectivity index (χ0v) is 13.4. The molecule has 23 heavy (non-hydrogen) atoms. The summed E-state index contributed by atoms with van der Waals surface area (Å²) < 4.78 is 15.7. The Hall–Kier alpha value is -2.32. The number of aromatic nitrogens is 3. The Bertz CT molecular complexity index is 919. The van der Waals surface area contributed by atoms with Gasteiger partial charge in [0.2, 0.25) is 5.95 Å². The van der Waals surface area contributed by atoms with Gasteiger partial charge in [0.05, 0.1) is 23.5 Å². The number of hydrogen-bond donors (Lipinski definition) is 2. The number of fused-ring (bicyclic) bond motifs is 1. The highest BCUT2D eigenvalue weighted by Crippen LogP contribution is 2.28. The standard InChI is InChI=1S/C15H15FN4O2S/c1-3-20-14(22)13-12(9(7-23-13)8(2)21)19-15(20)18-11-4-5-17-6-10(11)16/h4-8,21H,3H2,1-2H3,(H,17,18,19). The van der Waals surface area contributed by atoms with Gasteiger partial charge >= 0.3 is 0 Å². The molecule has 0 saturated heterocycles. The van der Waals surface area contributed by atoms with E-state index in [9.17, 15) is 14.3 Å². The van der Waals surface area contributed by atoms with Crippen LogP contribution in [-0.4, -0.2) is 19.6 Å². The Morgan fingerprint density at radius 3 is 2.96 bits per heavy atom. The highest BCUT2D eigenvalue weighted by molar-refractivity contribution is 7.17. The van der Waals surface area contributed by atoms with Gasteiger partial charge in [0, 0.05) is 18.3 Å². The molecule has 0 fully saturated rings. The van der Waals surface area contributed by atoms with Crippen LogP contribution < -0.4 is 10.9 Å². The molecule has 0 saturated carbocycles. The van der Waals surface area contributed by atoms with Gasteiger partial charge in [0.15, 0.2) is 5.82 Å². The number of anilines is 2. The first-order valence-electron chi connectivity index (χ1n) is 7.09. The largest absolute Gasteiger partial charge is 0.389 e. The molecule has 1 atom stereocenters. The highest BCUT2D eigenvalue weighted by Gasteiger charge is 2.17. The van der Waals surface area contributed by atoms with Crippen LogP contribution >= 0.6 is 11.3 Å². The molecule has 3 aromatic rings. The predicted octanol–water partition coefficient (Wildman–Crippen LogP) is 2.81. The molecule has 2 N–H and O–H groups in total. The number of rotatable bonds is 4. The predicted molar refractivity (Wildman–Crippen MR) is 87.7 cm³/mol. The van der Waals surface area contributed by atoms with Crippen LogP contribution in [0.25, 0.3) is 10.2 Å². The maximum absolute atomic E-state index is 13.8. The molecule has 0 aliphatic heterocycles. The summed E-state index contributed by atoms with van der Waals surface area (Å²) in [6.07, 6.45) is 1.80. The van der Waals surface area contributed by atoms with Crippen LogP contribution in [0.1, 0.15) is 25.5 Å². The van der Waals surface area contributed by atoms with E-state index in [4.69, 9.17) is 0 Å². The van der Waals surface area contributed by atoms with E-state index in [1.54, 1.807) is 12.3 Å². The smallest absolute Gasteiger partial charge is 0.272 e. The lowest BCUT2D eigenvalue weighted by molar-refractivity contribution is 0.201. The third-order valence-corrected chi connectivity index (χ3v) is 4.47. The second-order valence-electron chi connectivity index (χ2n) is 5.01. The summed E-state index contributed by atoms with van der Waals surface area (Å²) in [6, 6.07) is 1.47. The lowest BCUT2D eigenvalue weighted by Gasteiger charge is -2.13. The number of nitrogens with zero attached hydrogens (tertiary/aromatic N) is 3. The van der Waals surface area contributed by atoms with E-state index in [2.05, 4.69) is 15.3 Å². The van der Waals surface area contributed by atoms with Crippen LogP contribution in [0.4, 0.5) is 16.0 Å². The van der Waals surface area contributed by atoms with Gasteiger partial charge in [-0.25, -0.2) is 9.37 Å². The number of aliphatic hydroxyl groups is 1. The van der Waals surface area contributed by atoms with Gasteiger partial charge in [-0.05, 0) is 25.3 Å². The minimum absolute atomic E-state index is 0.183. The molecule has 0 aromatic carbocycles. The van der Waals surface area contributed by atoms with Crippen molar-refractivity contribution in [3.63, 3.8) is 0 Å². The lowest BCUT2D eigenvalue weighted by Crippen LogP contribution is -2.23. The maximum Gasteiger partial charge on any atom is 0.272 e. The molecule has 3 rings (SSSR count). The Kier molecular flexibility index (Phi) is 4.10. The van der Waals surface area contributed by atoms with Gasteiger partial charge in [-0.2, -0.15) is 0 Å². The molecule has 0 amide bonds. The molecule has 0 bridgehead atoms. The fourth-order valence-corrected chi connectivity index (χ4v) is 3.34. The summed E-state index contributed by atoms with van der Waals surface area (Å²) in [7, 11) is 0. The van der Waals surface area contributed by atoms with Gasteiger partial charge in [-0.1, -0.05) is 0 Å². The van der Waals surface area contributed by atoms with Crippen molar-refractivity contribution in [2.24, 2.45) is 0 Å². The average molecular weight is 334 g/mol. The topological polar surface area (TPSA) is 80.0 Å². The second-order valence-corrected chi connectivity index (χ2v) is 5.89. The lowest BCUT2D eigenvalue weighted by atomic mass is 10.2. The number of pyridine rings is 1. The van der Waals surface area contributed by atoms with Crippen molar-refractivity contribution in [2.45, 2.75) is 26.5 Å². The Morgan fingerprint density at radius 2 is 2.30 bits per heavy atom. The molecule has 0 aliphatic carbocycles. The number of aliphatic hydroxyl groups excluding tert-OH is 1. The summed E-state index contributed by atoms with van der Waals surface area (Å²) in [5.41, 5.74) is 0.994. The van der Waals surface area contributed by atoms with Gasteiger partial charge in [0.25, 0.3) is 5.56 Å². The molecule has 120 valence electrons. The Labute approximate surface area is 135 Å². The molecular weight excluding hydrogens is 319 g/mol. The number of thiophene rings is 1. The van der Waals surface area contributed by atoms with Crippen LogP contribution in [0.15, 0.2) is 28.6 Å². The number of halogens is 1. The van der Waals surface area contributed by atoms with Gasteiger partial charge in [-0.15, -0.1) is 11.3 Å². The van der Waals surface area contributed by atoms with E-state index in [1.807, 2.05) is 6.92 Å². The van der Waals surface area contributed by atoms with E-state index in [0.29, 0.717) is 22.3 Å². The molecule has 8 heteroatoms. The third kappa shape index (κ3) is 2.71. The first kappa shape index (κ1) is 15.6. The minimum atomic E-state index is -0.737. The van der Waals surface area contributed by atoms with Crippen LogP contribution in [-0.2, 0) is 6.54 Å². The Balaban J connectivity index is 2.21. The summed E-state index contributed by atoms with van der Waals surface area (Å²) >= 11 is 1.25. The van der Waals surface area contributed by atoms with E-state index in [0.717, 1.165) is 6.20 Å². The molecule has 0 spiro atoms. The molecule has 3 aromatic heterocycles. The van der Waals surface area contributed by atoms with Crippen molar-refractivity contribution in [2.75, 3.05) is 5.32 Å². The minimum Gasteiger partial charge on any atom is -0.389 e. The van der Waals surface area contributed by atoms with Crippen molar-refractivity contribution < 1.29 is 9.50 Å². The van der Waals surface area contributed by atoms with Gasteiger partial charge in [0.1, 0.15) is 4.70 Å². The third-order valence-electron chi connectivity index (χ3n) is 3.49. The fourth-order valence-electron chi connectivity index (χ4n) is 2.30. The summed E-state index contributed by atoms with van der Waals surface area (Å²) in [5.74, 6) is -0.305. The highest BCUT2D eigenvalue weighted by atomic mass is 32.1. The van der Waals surface area contributed by atoms with Crippen molar-refractivity contribution in [1.82, 2.24) is 14.5 Å². The zero-order chi connectivity index (χ0) is 16.6. The van der Waals surface area contributed by atoms with Crippen LogP contribution in [0.3, 0.4) is 0 Å². The molecule has 6 nitrogen and oxygen atoms in total. The molecule has 1 unspecified atom stereocenters. The quantitative estimate of drug-likeness (QED) is 0.767. The van der Waals surface area contributed by atoms with E-state index in [1.165, 1.54) is 28.2 Å². The van der Waals surface area contributed by atoms with E-state index >= 15 is 0 Å². The Morgan fingerprint density at radius 1 is 1.52 bits per heavy atom. The molecule has 0 radical (unpaired) electrons. The van der Waals surface area contributed by atoms with Crippen LogP contribution in [0, 0.1) is 5.82 Å². The molecule has 3 heterocycles. The van der Waals surface area contributed by atoms with Crippen LogP contribution in [0.2, 0.25) is 0 Å². The summed E-state index contributed by atoms with van der Waals surface area (Å²) in [5, 5.41) is 14.4. The van der Waals surface area contributed by atoms with E-state index < -0.39 is 11.9 Å². The fraction of sp³-hybridized carbons (Fsp3) is 0.267.